The molecule has 2 atom stereocenters. The molecule has 0 unspecified atom stereocenters. The van der Waals surface area contributed by atoms with Crippen LogP contribution in [0.25, 0.3) is 0 Å². The number of aromatic nitrogens is 2. The van der Waals surface area contributed by atoms with E-state index in [9.17, 15) is 18.8 Å². The number of hydrogen-bond donors (Lipinski definition) is 4. The summed E-state index contributed by atoms with van der Waals surface area (Å²) in [5.41, 5.74) is 5.30. The number of amides is 2. The Hall–Kier alpha value is -2.37. The molecule has 9 nitrogen and oxygen atoms in total. The predicted molar refractivity (Wildman–Crippen MR) is 106 cm³/mol. The Labute approximate surface area is 178 Å². The van der Waals surface area contributed by atoms with E-state index >= 15 is 0 Å². The highest BCUT2D eigenvalue weighted by molar-refractivity contribution is 7.17. The summed E-state index contributed by atoms with van der Waals surface area (Å²) >= 11 is 12.8. The number of carboxylic acid groups (broad SMARTS) is 1. The maximum atomic E-state index is 14.7. The van der Waals surface area contributed by atoms with Crippen LogP contribution >= 0.6 is 34.5 Å². The van der Waals surface area contributed by atoms with Crippen molar-refractivity contribution in [2.75, 3.05) is 18.0 Å². The number of carboxylic acids is 1. The lowest BCUT2D eigenvalue weighted by molar-refractivity contribution is 0.0686. The van der Waals surface area contributed by atoms with E-state index in [0.29, 0.717) is 5.56 Å². The van der Waals surface area contributed by atoms with Crippen molar-refractivity contribution >= 4 is 57.5 Å². The molecule has 0 spiro atoms. The molecular weight excluding hydrogens is 448 g/mol. The van der Waals surface area contributed by atoms with Gasteiger partial charge in [0, 0.05) is 12.1 Å². The zero-order valence-electron chi connectivity index (χ0n) is 15.0. The van der Waals surface area contributed by atoms with Crippen molar-refractivity contribution in [3.63, 3.8) is 0 Å². The fraction of sp³-hybridized carbons (Fsp3) is 0.375. The Kier molecular flexibility index (Phi) is 6.01. The minimum Gasteiger partial charge on any atom is -0.476 e. The van der Waals surface area contributed by atoms with E-state index in [1.165, 1.54) is 4.90 Å². The summed E-state index contributed by atoms with van der Waals surface area (Å²) in [6.45, 7) is 1.79. The van der Waals surface area contributed by atoms with Crippen molar-refractivity contribution in [1.29, 1.82) is 0 Å². The number of carbonyl (C=O) groups excluding carboxylic acids is 2. The van der Waals surface area contributed by atoms with Crippen LogP contribution in [0, 0.1) is 6.92 Å². The number of primary amides is 1. The molecule has 0 aromatic carbocycles. The number of nitrogens with zero attached hydrogens (tertiary/aromatic N) is 2. The lowest BCUT2D eigenvalue weighted by Crippen LogP contribution is -2.52. The molecule has 1 aliphatic rings. The first kappa shape index (κ1) is 21.3. The highest BCUT2D eigenvalue weighted by Gasteiger charge is 2.34. The number of nitrogens with two attached hydrogens (primary N) is 1. The average Bonchev–Trinajstić information content (AvgIpc) is 3.21. The predicted octanol–water partition coefficient (Wildman–Crippen LogP) is 2.23. The standard InChI is InChI=1S/C16H16Cl2FN5O4S/c1-5-8(17)9(22-12(5)18)14(26)21-7-2-3-24(4-6(7)19)16-23-10(15(27)28)11(29-16)13(20)25/h6-7,22H,2-4H2,1H3,(H2,20,25)(H,21,26)(H,27,28)/t6-,7+/m0/s1. The van der Waals surface area contributed by atoms with Crippen LogP contribution in [0.2, 0.25) is 10.2 Å². The van der Waals surface area contributed by atoms with E-state index in [4.69, 9.17) is 34.0 Å². The number of halogens is 3. The third-order valence-corrected chi connectivity index (χ3v) is 6.49. The molecular formula is C16H16Cl2FN5O4S. The monoisotopic (exact) mass is 463 g/mol. The van der Waals surface area contributed by atoms with E-state index < -0.39 is 35.7 Å². The molecule has 13 heteroatoms. The second-order valence-electron chi connectivity index (χ2n) is 6.43. The van der Waals surface area contributed by atoms with Crippen LogP contribution < -0.4 is 16.0 Å². The molecule has 29 heavy (non-hydrogen) atoms. The minimum atomic E-state index is -1.47. The van der Waals surface area contributed by atoms with Gasteiger partial charge in [-0.3, -0.25) is 9.59 Å². The van der Waals surface area contributed by atoms with Crippen LogP contribution in [0.5, 0.6) is 0 Å². The molecule has 3 heterocycles. The normalized spacial score (nSPS) is 19.2. The fourth-order valence-corrected chi connectivity index (χ4v) is 4.35. The highest BCUT2D eigenvalue weighted by atomic mass is 35.5. The summed E-state index contributed by atoms with van der Waals surface area (Å²) in [5.74, 6) is -2.89. The Bertz CT molecular complexity index is 963. The van der Waals surface area contributed by atoms with Crippen LogP contribution in [0.3, 0.4) is 0 Å². The molecule has 2 amide bonds. The SMILES string of the molecule is Cc1c(Cl)[nH]c(C(=O)N[C@@H]2CCN(c3nc(C(=O)O)c(C(N)=O)s3)C[C@@H]2F)c1Cl. The van der Waals surface area contributed by atoms with Crippen molar-refractivity contribution < 1.29 is 23.9 Å². The fourth-order valence-electron chi connectivity index (χ4n) is 2.94. The Morgan fingerprint density at radius 1 is 1.41 bits per heavy atom. The van der Waals surface area contributed by atoms with Crippen LogP contribution in [0.15, 0.2) is 0 Å². The van der Waals surface area contributed by atoms with Crippen LogP contribution in [0.4, 0.5) is 9.52 Å². The number of nitrogens with one attached hydrogen (secondary N) is 2. The molecule has 0 bridgehead atoms. The molecule has 1 aliphatic heterocycles. The third kappa shape index (κ3) is 4.16. The first-order chi connectivity index (χ1) is 13.6. The lowest BCUT2D eigenvalue weighted by atomic mass is 10.0. The van der Waals surface area contributed by atoms with E-state index in [0.717, 1.165) is 11.3 Å². The zero-order valence-corrected chi connectivity index (χ0v) is 17.3. The number of alkyl halides is 1. The number of anilines is 1. The van der Waals surface area contributed by atoms with Gasteiger partial charge in [-0.2, -0.15) is 0 Å². The Morgan fingerprint density at radius 3 is 2.59 bits per heavy atom. The molecule has 2 aromatic heterocycles. The van der Waals surface area contributed by atoms with Crippen molar-refractivity contribution in [3.05, 3.63) is 32.0 Å². The summed E-state index contributed by atoms with van der Waals surface area (Å²) in [5, 5.41) is 12.3. The van der Waals surface area contributed by atoms with Crippen molar-refractivity contribution in [2.45, 2.75) is 25.6 Å². The number of hydrogen-bond acceptors (Lipinski definition) is 6. The highest BCUT2D eigenvalue weighted by Crippen LogP contribution is 2.30. The van der Waals surface area contributed by atoms with E-state index in [1.807, 2.05) is 0 Å². The molecule has 0 saturated carbocycles. The number of carbonyl (C=O) groups is 3. The largest absolute Gasteiger partial charge is 0.476 e. The van der Waals surface area contributed by atoms with E-state index in [1.54, 1.807) is 6.92 Å². The van der Waals surface area contributed by atoms with Gasteiger partial charge < -0.3 is 26.0 Å². The van der Waals surface area contributed by atoms with Gasteiger partial charge in [-0.25, -0.2) is 14.2 Å². The van der Waals surface area contributed by atoms with Gasteiger partial charge in [0.05, 0.1) is 17.6 Å². The van der Waals surface area contributed by atoms with Gasteiger partial charge in [0.25, 0.3) is 11.8 Å². The minimum absolute atomic E-state index is 0.0564. The number of thiazole rings is 1. The van der Waals surface area contributed by atoms with E-state index in [-0.39, 0.29) is 45.4 Å². The topological polar surface area (TPSA) is 141 Å². The van der Waals surface area contributed by atoms with Crippen molar-refractivity contribution in [2.24, 2.45) is 5.73 Å². The Balaban J connectivity index is 1.70. The second-order valence-corrected chi connectivity index (χ2v) is 8.16. The summed E-state index contributed by atoms with van der Waals surface area (Å²) < 4.78 is 14.7. The van der Waals surface area contributed by atoms with Crippen LogP contribution in [0.1, 0.15) is 42.6 Å². The number of H-pyrrole nitrogens is 1. The summed E-state index contributed by atoms with van der Waals surface area (Å²) in [4.78, 5) is 42.9. The summed E-state index contributed by atoms with van der Waals surface area (Å²) in [6.07, 6.45) is -1.24. The summed E-state index contributed by atoms with van der Waals surface area (Å²) in [7, 11) is 0. The van der Waals surface area contributed by atoms with Gasteiger partial charge >= 0.3 is 5.97 Å². The first-order valence-electron chi connectivity index (χ1n) is 8.37. The molecule has 156 valence electrons. The van der Waals surface area contributed by atoms with Gasteiger partial charge in [0.1, 0.15) is 21.9 Å². The number of aromatic carboxylic acids is 1. The molecule has 0 radical (unpaired) electrons. The molecule has 0 aliphatic carbocycles. The number of piperidine rings is 1. The van der Waals surface area contributed by atoms with Crippen molar-refractivity contribution in [1.82, 2.24) is 15.3 Å². The smallest absolute Gasteiger partial charge is 0.356 e. The van der Waals surface area contributed by atoms with Crippen LogP contribution in [-0.2, 0) is 0 Å². The van der Waals surface area contributed by atoms with E-state index in [2.05, 4.69) is 15.3 Å². The third-order valence-electron chi connectivity index (χ3n) is 4.51. The Morgan fingerprint density at radius 2 is 2.10 bits per heavy atom. The first-order valence-corrected chi connectivity index (χ1v) is 9.94. The van der Waals surface area contributed by atoms with Gasteiger partial charge in [-0.1, -0.05) is 34.5 Å². The van der Waals surface area contributed by atoms with Gasteiger partial charge in [0.15, 0.2) is 10.8 Å². The zero-order chi connectivity index (χ0) is 21.5. The number of aromatic amines is 1. The quantitative estimate of drug-likeness (QED) is 0.535. The molecule has 1 fully saturated rings. The second kappa shape index (κ2) is 8.17. The van der Waals surface area contributed by atoms with Crippen LogP contribution in [-0.4, -0.2) is 58.2 Å². The van der Waals surface area contributed by atoms with Gasteiger partial charge in [-0.05, 0) is 13.3 Å². The summed E-state index contributed by atoms with van der Waals surface area (Å²) in [6, 6.07) is -0.785. The molecule has 2 aromatic rings. The molecule has 3 rings (SSSR count). The van der Waals surface area contributed by atoms with Crippen molar-refractivity contribution in [3.8, 4) is 0 Å². The van der Waals surface area contributed by atoms with Gasteiger partial charge in [0.2, 0.25) is 0 Å². The van der Waals surface area contributed by atoms with Gasteiger partial charge in [-0.15, -0.1) is 0 Å². The average molecular weight is 464 g/mol. The number of rotatable bonds is 5. The maximum Gasteiger partial charge on any atom is 0.356 e. The lowest BCUT2D eigenvalue weighted by Gasteiger charge is -2.34. The molecule has 5 N–H and O–H groups in total. The molecule has 1 saturated heterocycles. The maximum absolute atomic E-state index is 14.7.